The van der Waals surface area contributed by atoms with Crippen LogP contribution in [0.3, 0.4) is 0 Å². The van der Waals surface area contributed by atoms with Gasteiger partial charge in [0.05, 0.1) is 4.47 Å². The van der Waals surface area contributed by atoms with E-state index in [0.717, 1.165) is 24.0 Å². The Kier molecular flexibility index (Phi) is 7.32. The van der Waals surface area contributed by atoms with Gasteiger partial charge < -0.3 is 4.90 Å². The molecule has 0 unspecified atom stereocenters. The van der Waals surface area contributed by atoms with Crippen LogP contribution in [-0.2, 0) is 6.54 Å². The molecule has 0 aliphatic heterocycles. The van der Waals surface area contributed by atoms with Gasteiger partial charge in [-0.2, -0.15) is 0 Å². The van der Waals surface area contributed by atoms with Crippen molar-refractivity contribution in [3.8, 4) is 0 Å². The molecule has 0 saturated carbocycles. The average molecular weight is 367 g/mol. The molecular weight excluding hydrogens is 349 g/mol. The Morgan fingerprint density at radius 1 is 1.24 bits per heavy atom. The quantitative estimate of drug-likeness (QED) is 0.504. The maximum absolute atomic E-state index is 13.3. The van der Waals surface area contributed by atoms with Gasteiger partial charge in [0, 0.05) is 11.9 Å². The van der Waals surface area contributed by atoms with Gasteiger partial charge in [-0.15, -0.1) is 0 Å². The number of unbranched alkanes of at least 4 members (excludes halogenated alkanes) is 2. The molecule has 1 aromatic rings. The van der Waals surface area contributed by atoms with Crippen LogP contribution in [0.25, 0.3) is 0 Å². The summed E-state index contributed by atoms with van der Waals surface area (Å²) < 4.78 is 13.9. The Morgan fingerprint density at radius 2 is 2.00 bits per heavy atom. The minimum absolute atomic E-state index is 0.185. The van der Waals surface area contributed by atoms with Gasteiger partial charge in [-0.25, -0.2) is 4.39 Å². The monoisotopic (exact) mass is 365 g/mol. The molecule has 0 aromatic heterocycles. The van der Waals surface area contributed by atoms with E-state index in [9.17, 15) is 4.39 Å². The first-order valence-corrected chi connectivity index (χ1v) is 7.74. The Morgan fingerprint density at radius 3 is 2.71 bits per heavy atom. The molecule has 0 atom stereocenters. The number of benzene rings is 1. The second kappa shape index (κ2) is 8.22. The van der Waals surface area contributed by atoms with Crippen molar-refractivity contribution in [3.63, 3.8) is 0 Å². The highest BCUT2D eigenvalue weighted by atomic mass is 79.9. The smallest absolute Gasteiger partial charge is 0.137 e. The second-order valence-electron chi connectivity index (χ2n) is 4.20. The van der Waals surface area contributed by atoms with Crippen LogP contribution in [0.4, 0.5) is 4.39 Å². The molecule has 1 aromatic carbocycles. The van der Waals surface area contributed by atoms with Gasteiger partial charge in [-0.05, 0) is 54.0 Å². The SMILES string of the molecule is CN(CCCCCBr)Cc1cccc(F)c1Br. The fraction of sp³-hybridized carbons (Fsp3) is 0.538. The lowest BCUT2D eigenvalue weighted by atomic mass is 10.2. The molecule has 0 heterocycles. The largest absolute Gasteiger partial charge is 0.302 e. The van der Waals surface area contributed by atoms with E-state index in [1.807, 2.05) is 6.07 Å². The van der Waals surface area contributed by atoms with E-state index in [4.69, 9.17) is 0 Å². The number of halogens is 3. The molecule has 0 radical (unpaired) electrons. The zero-order valence-corrected chi connectivity index (χ0v) is 13.2. The third kappa shape index (κ3) is 5.49. The van der Waals surface area contributed by atoms with Crippen LogP contribution in [0.2, 0.25) is 0 Å². The van der Waals surface area contributed by atoms with Crippen molar-refractivity contribution in [2.24, 2.45) is 0 Å². The molecule has 1 nitrogen and oxygen atoms in total. The number of rotatable bonds is 7. The summed E-state index contributed by atoms with van der Waals surface area (Å²) in [5.74, 6) is -0.185. The second-order valence-corrected chi connectivity index (χ2v) is 5.79. The summed E-state index contributed by atoms with van der Waals surface area (Å²) in [5, 5.41) is 1.08. The highest BCUT2D eigenvalue weighted by Crippen LogP contribution is 2.21. The maximum Gasteiger partial charge on any atom is 0.137 e. The molecule has 96 valence electrons. The zero-order valence-electron chi connectivity index (χ0n) is 10.1. The van der Waals surface area contributed by atoms with Gasteiger partial charge in [-0.3, -0.25) is 0 Å². The summed E-state index contributed by atoms with van der Waals surface area (Å²) in [5.41, 5.74) is 1.01. The summed E-state index contributed by atoms with van der Waals surface area (Å²) in [6, 6.07) is 5.19. The van der Waals surface area contributed by atoms with Crippen LogP contribution in [-0.4, -0.2) is 23.8 Å². The first-order chi connectivity index (χ1) is 8.15. The van der Waals surface area contributed by atoms with Crippen LogP contribution in [0.5, 0.6) is 0 Å². The lowest BCUT2D eigenvalue weighted by Gasteiger charge is -2.17. The van der Waals surface area contributed by atoms with Gasteiger partial charge in [0.15, 0.2) is 0 Å². The third-order valence-electron chi connectivity index (χ3n) is 2.65. The number of nitrogens with zero attached hydrogens (tertiary/aromatic N) is 1. The molecule has 0 amide bonds. The highest BCUT2D eigenvalue weighted by Gasteiger charge is 2.07. The molecule has 0 bridgehead atoms. The van der Waals surface area contributed by atoms with Crippen LogP contribution in [0.1, 0.15) is 24.8 Å². The molecule has 4 heteroatoms. The Hall–Kier alpha value is 0.0700. The van der Waals surface area contributed by atoms with Crippen LogP contribution in [0, 0.1) is 5.82 Å². The number of hydrogen-bond acceptors (Lipinski definition) is 1. The van der Waals surface area contributed by atoms with Gasteiger partial charge in [0.2, 0.25) is 0 Å². The molecule has 0 aliphatic carbocycles. The summed E-state index contributed by atoms with van der Waals surface area (Å²) in [7, 11) is 2.07. The lowest BCUT2D eigenvalue weighted by Crippen LogP contribution is -2.19. The predicted octanol–water partition coefficient (Wildman–Crippen LogP) is 4.59. The normalized spacial score (nSPS) is 11.1. The van der Waals surface area contributed by atoms with E-state index in [2.05, 4.69) is 43.8 Å². The van der Waals surface area contributed by atoms with Crippen LogP contribution in [0.15, 0.2) is 22.7 Å². The van der Waals surface area contributed by atoms with E-state index >= 15 is 0 Å². The van der Waals surface area contributed by atoms with E-state index in [1.165, 1.54) is 25.3 Å². The number of hydrogen-bond donors (Lipinski definition) is 0. The number of alkyl halides is 1. The summed E-state index contributed by atoms with van der Waals surface area (Å²) in [6.45, 7) is 1.84. The van der Waals surface area contributed by atoms with Crippen LogP contribution >= 0.6 is 31.9 Å². The van der Waals surface area contributed by atoms with Gasteiger partial charge in [-0.1, -0.05) is 34.5 Å². The molecular formula is C13H18Br2FN. The third-order valence-corrected chi connectivity index (χ3v) is 4.09. The van der Waals surface area contributed by atoms with Crippen molar-refractivity contribution >= 4 is 31.9 Å². The van der Waals surface area contributed by atoms with E-state index in [1.54, 1.807) is 6.07 Å². The first-order valence-electron chi connectivity index (χ1n) is 5.82. The zero-order chi connectivity index (χ0) is 12.7. The molecule has 0 saturated heterocycles. The van der Waals surface area contributed by atoms with Crippen molar-refractivity contribution in [1.82, 2.24) is 4.90 Å². The highest BCUT2D eigenvalue weighted by molar-refractivity contribution is 9.10. The Labute approximate surface area is 120 Å². The topological polar surface area (TPSA) is 3.24 Å². The van der Waals surface area contributed by atoms with Crippen molar-refractivity contribution in [3.05, 3.63) is 34.1 Å². The lowest BCUT2D eigenvalue weighted by molar-refractivity contribution is 0.317. The van der Waals surface area contributed by atoms with Crippen LogP contribution < -0.4 is 0 Å². The average Bonchev–Trinajstić information content (AvgIpc) is 2.31. The summed E-state index contributed by atoms with van der Waals surface area (Å²) in [4.78, 5) is 2.23. The van der Waals surface area contributed by atoms with Crippen molar-refractivity contribution in [2.75, 3.05) is 18.9 Å². The van der Waals surface area contributed by atoms with E-state index in [0.29, 0.717) is 4.47 Å². The van der Waals surface area contributed by atoms with Crippen molar-refractivity contribution in [1.29, 1.82) is 0 Å². The molecule has 0 N–H and O–H groups in total. The molecule has 17 heavy (non-hydrogen) atoms. The molecule has 0 aliphatic rings. The Bertz CT molecular complexity index is 344. The van der Waals surface area contributed by atoms with Gasteiger partial charge in [0.25, 0.3) is 0 Å². The first kappa shape index (κ1) is 15.1. The Balaban J connectivity index is 2.39. The van der Waals surface area contributed by atoms with Crippen molar-refractivity contribution in [2.45, 2.75) is 25.8 Å². The van der Waals surface area contributed by atoms with E-state index in [-0.39, 0.29) is 5.82 Å². The van der Waals surface area contributed by atoms with Gasteiger partial charge in [0.1, 0.15) is 5.82 Å². The van der Waals surface area contributed by atoms with E-state index < -0.39 is 0 Å². The minimum atomic E-state index is -0.185. The fourth-order valence-electron chi connectivity index (χ4n) is 1.69. The molecule has 1 rings (SSSR count). The standard InChI is InChI=1S/C13H18Br2FN/c1-17(9-4-2-3-8-14)10-11-6-5-7-12(16)13(11)15/h5-7H,2-4,8-10H2,1H3. The van der Waals surface area contributed by atoms with Gasteiger partial charge >= 0.3 is 0 Å². The predicted molar refractivity (Wildman–Crippen MR) is 78.1 cm³/mol. The molecule has 0 fully saturated rings. The summed E-state index contributed by atoms with van der Waals surface area (Å²) in [6.07, 6.45) is 3.65. The minimum Gasteiger partial charge on any atom is -0.302 e. The van der Waals surface area contributed by atoms with Crippen molar-refractivity contribution < 1.29 is 4.39 Å². The fourth-order valence-corrected chi connectivity index (χ4v) is 2.48. The summed E-state index contributed by atoms with van der Waals surface area (Å²) >= 11 is 6.72. The molecule has 0 spiro atoms. The maximum atomic E-state index is 13.3.